The fraction of sp³-hybridized carbons (Fsp3) is 0.550. The van der Waals surface area contributed by atoms with Crippen LogP contribution in [0.2, 0.25) is 0 Å². The molecule has 0 spiro atoms. The maximum atomic E-state index is 12.5. The van der Waals surface area contributed by atoms with E-state index in [1.807, 2.05) is 29.7 Å². The molecule has 0 aliphatic heterocycles. The van der Waals surface area contributed by atoms with Crippen molar-refractivity contribution in [1.29, 1.82) is 0 Å². The number of carbonyl (C=O) groups excluding carboxylic acids is 1. The van der Waals surface area contributed by atoms with Crippen LogP contribution in [0.25, 0.3) is 11.4 Å². The average Bonchev–Trinajstić information content (AvgIpc) is 3.26. The zero-order valence-electron chi connectivity index (χ0n) is 16.4. The van der Waals surface area contributed by atoms with Crippen molar-refractivity contribution in [2.24, 2.45) is 0 Å². The fourth-order valence-corrected chi connectivity index (χ4v) is 4.13. The number of amides is 1. The average molecular weight is 388 g/mol. The second-order valence-electron chi connectivity index (χ2n) is 7.73. The van der Waals surface area contributed by atoms with Crippen molar-refractivity contribution in [2.45, 2.75) is 51.1 Å². The van der Waals surface area contributed by atoms with Gasteiger partial charge in [0.25, 0.3) is 0 Å². The van der Waals surface area contributed by atoms with E-state index in [2.05, 4.69) is 40.6 Å². The van der Waals surface area contributed by atoms with Crippen LogP contribution in [0.1, 0.15) is 37.7 Å². The van der Waals surface area contributed by atoms with Crippen molar-refractivity contribution >= 4 is 18.1 Å². The third-order valence-corrected chi connectivity index (χ3v) is 6.01. The van der Waals surface area contributed by atoms with Crippen LogP contribution < -0.4 is 5.32 Å². The highest BCUT2D eigenvalue weighted by Crippen LogP contribution is 2.33. The molecule has 1 amide bonds. The molecule has 1 heterocycles. The van der Waals surface area contributed by atoms with E-state index in [-0.39, 0.29) is 11.4 Å². The van der Waals surface area contributed by atoms with Crippen LogP contribution in [0.5, 0.6) is 0 Å². The molecule has 1 aromatic carbocycles. The third kappa shape index (κ3) is 4.47. The lowest BCUT2D eigenvalue weighted by Crippen LogP contribution is -2.50. The molecule has 1 aliphatic carbocycles. The van der Waals surface area contributed by atoms with E-state index in [0.29, 0.717) is 24.3 Å². The lowest BCUT2D eigenvalue weighted by atomic mass is 9.96. The summed E-state index contributed by atoms with van der Waals surface area (Å²) in [6.07, 6.45) is 5.14. The van der Waals surface area contributed by atoms with Crippen molar-refractivity contribution in [1.82, 2.24) is 25.0 Å². The van der Waals surface area contributed by atoms with Gasteiger partial charge in [-0.25, -0.2) is 0 Å². The highest BCUT2D eigenvalue weighted by atomic mass is 32.1. The maximum absolute atomic E-state index is 12.5. The van der Waals surface area contributed by atoms with E-state index in [1.165, 1.54) is 12.8 Å². The molecule has 1 aliphatic rings. The number of hydrogen-bond acceptors (Lipinski definition) is 4. The maximum Gasteiger partial charge on any atom is 0.221 e. The fourth-order valence-electron chi connectivity index (χ4n) is 3.91. The van der Waals surface area contributed by atoms with E-state index < -0.39 is 0 Å². The van der Waals surface area contributed by atoms with E-state index in [0.717, 1.165) is 29.8 Å². The number of benzene rings is 1. The molecule has 27 heavy (non-hydrogen) atoms. The van der Waals surface area contributed by atoms with Crippen molar-refractivity contribution < 1.29 is 4.79 Å². The van der Waals surface area contributed by atoms with Crippen LogP contribution in [0.3, 0.4) is 0 Å². The van der Waals surface area contributed by atoms with Gasteiger partial charge in [-0.05, 0) is 52.1 Å². The van der Waals surface area contributed by atoms with Gasteiger partial charge < -0.3 is 10.2 Å². The van der Waals surface area contributed by atoms with Gasteiger partial charge in [-0.2, -0.15) is 5.10 Å². The topological polar surface area (TPSA) is 66.0 Å². The molecule has 2 aromatic rings. The Bertz CT molecular complexity index is 848. The molecule has 146 valence electrons. The summed E-state index contributed by atoms with van der Waals surface area (Å²) in [5.74, 6) is 0.832. The zero-order valence-corrected chi connectivity index (χ0v) is 17.2. The SMILES string of the molecule is Cc1cccc(-c2n[nH]c(=S)n2CCC(=O)NCC2(N(C)C)CCCC2)c1. The number of nitrogens with one attached hydrogen (secondary N) is 2. The molecule has 0 saturated heterocycles. The predicted octanol–water partition coefficient (Wildman–Crippen LogP) is 3.30. The van der Waals surface area contributed by atoms with Crippen LogP contribution >= 0.6 is 12.2 Å². The van der Waals surface area contributed by atoms with Gasteiger partial charge in [-0.15, -0.1) is 0 Å². The summed E-state index contributed by atoms with van der Waals surface area (Å²) >= 11 is 5.37. The van der Waals surface area contributed by atoms with Crippen molar-refractivity contribution in [3.8, 4) is 11.4 Å². The zero-order chi connectivity index (χ0) is 19.4. The van der Waals surface area contributed by atoms with Gasteiger partial charge in [0.05, 0.1) is 0 Å². The first-order valence-corrected chi connectivity index (χ1v) is 9.98. The quantitative estimate of drug-likeness (QED) is 0.716. The largest absolute Gasteiger partial charge is 0.354 e. The smallest absolute Gasteiger partial charge is 0.221 e. The highest BCUT2D eigenvalue weighted by molar-refractivity contribution is 7.71. The van der Waals surface area contributed by atoms with Crippen molar-refractivity contribution in [3.63, 3.8) is 0 Å². The first kappa shape index (κ1) is 19.8. The number of aromatic nitrogens is 3. The van der Waals surface area contributed by atoms with Crippen LogP contribution in [0, 0.1) is 11.7 Å². The summed E-state index contributed by atoms with van der Waals surface area (Å²) < 4.78 is 2.45. The Hall–Kier alpha value is -1.99. The van der Waals surface area contributed by atoms with Gasteiger partial charge in [-0.3, -0.25) is 14.5 Å². The number of carbonyl (C=O) groups is 1. The number of H-pyrrole nitrogens is 1. The monoisotopic (exact) mass is 387 g/mol. The Labute approximate surface area is 166 Å². The minimum Gasteiger partial charge on any atom is -0.354 e. The van der Waals surface area contributed by atoms with E-state index in [9.17, 15) is 4.79 Å². The lowest BCUT2D eigenvalue weighted by molar-refractivity contribution is -0.121. The highest BCUT2D eigenvalue weighted by Gasteiger charge is 2.36. The Morgan fingerprint density at radius 1 is 1.37 bits per heavy atom. The predicted molar refractivity (Wildman–Crippen MR) is 110 cm³/mol. The van der Waals surface area contributed by atoms with Gasteiger partial charge >= 0.3 is 0 Å². The molecule has 2 N–H and O–H groups in total. The summed E-state index contributed by atoms with van der Waals surface area (Å²) in [7, 11) is 4.22. The van der Waals surface area contributed by atoms with Gasteiger partial charge in [-0.1, -0.05) is 36.6 Å². The molecular formula is C20H29N5OS. The minimum absolute atomic E-state index is 0.0569. The van der Waals surface area contributed by atoms with E-state index in [4.69, 9.17) is 12.2 Å². The van der Waals surface area contributed by atoms with E-state index in [1.54, 1.807) is 0 Å². The standard InChI is InChI=1S/C20H29N5OS/c1-15-7-6-8-16(13-15)18-22-23-19(27)25(18)12-9-17(26)21-14-20(24(2)3)10-4-5-11-20/h6-8,13H,4-5,9-12,14H2,1-3H3,(H,21,26)(H,23,27). The first-order valence-electron chi connectivity index (χ1n) is 9.58. The van der Waals surface area contributed by atoms with Crippen LogP contribution in [0.4, 0.5) is 0 Å². The van der Waals surface area contributed by atoms with Gasteiger partial charge in [0.15, 0.2) is 10.6 Å². The Balaban J connectivity index is 1.63. The number of likely N-dealkylation sites (N-methyl/N-ethyl adjacent to an activating group) is 1. The third-order valence-electron chi connectivity index (χ3n) is 5.69. The normalized spacial score (nSPS) is 16.0. The van der Waals surface area contributed by atoms with Crippen LogP contribution in [-0.4, -0.2) is 51.8 Å². The van der Waals surface area contributed by atoms with Gasteiger partial charge in [0.2, 0.25) is 5.91 Å². The van der Waals surface area contributed by atoms with E-state index >= 15 is 0 Å². The Morgan fingerprint density at radius 2 is 2.11 bits per heavy atom. The number of rotatable bonds is 7. The molecule has 0 atom stereocenters. The molecule has 1 saturated carbocycles. The number of hydrogen-bond donors (Lipinski definition) is 2. The number of aromatic amines is 1. The lowest BCUT2D eigenvalue weighted by Gasteiger charge is -2.36. The molecule has 7 heteroatoms. The Morgan fingerprint density at radius 3 is 2.78 bits per heavy atom. The second-order valence-corrected chi connectivity index (χ2v) is 8.11. The second kappa shape index (κ2) is 8.35. The molecule has 0 unspecified atom stereocenters. The number of aryl methyl sites for hydroxylation is 1. The molecule has 1 aromatic heterocycles. The van der Waals surface area contributed by atoms with Gasteiger partial charge in [0, 0.05) is 30.6 Å². The molecule has 0 bridgehead atoms. The van der Waals surface area contributed by atoms with Crippen LogP contribution in [0.15, 0.2) is 24.3 Å². The molecule has 6 nitrogen and oxygen atoms in total. The first-order chi connectivity index (χ1) is 12.9. The summed E-state index contributed by atoms with van der Waals surface area (Å²) in [5.41, 5.74) is 2.27. The molecule has 1 fully saturated rings. The molecule has 3 rings (SSSR count). The van der Waals surface area contributed by atoms with Crippen LogP contribution in [-0.2, 0) is 11.3 Å². The minimum atomic E-state index is 0.0569. The number of nitrogens with zero attached hydrogens (tertiary/aromatic N) is 3. The van der Waals surface area contributed by atoms with Crippen molar-refractivity contribution in [3.05, 3.63) is 34.6 Å². The molecular weight excluding hydrogens is 358 g/mol. The summed E-state index contributed by atoms with van der Waals surface area (Å²) in [4.78, 5) is 14.7. The van der Waals surface area contributed by atoms with Crippen molar-refractivity contribution in [2.75, 3.05) is 20.6 Å². The summed E-state index contributed by atoms with van der Waals surface area (Å²) in [6.45, 7) is 3.27. The van der Waals surface area contributed by atoms with Gasteiger partial charge in [0.1, 0.15) is 0 Å². The molecule has 0 radical (unpaired) electrons. The Kier molecular flexibility index (Phi) is 6.11. The summed E-state index contributed by atoms with van der Waals surface area (Å²) in [5, 5.41) is 10.3. The summed E-state index contributed by atoms with van der Waals surface area (Å²) in [6, 6.07) is 8.13.